The molecular formula is C24H26N2O4S2. The fourth-order valence-electron chi connectivity index (χ4n) is 3.96. The molecule has 2 N–H and O–H groups in total. The quantitative estimate of drug-likeness (QED) is 0.538. The smallest absolute Gasteiger partial charge is 0.263 e. The number of rotatable bonds is 7. The van der Waals surface area contributed by atoms with E-state index in [1.54, 1.807) is 17.5 Å². The van der Waals surface area contributed by atoms with Crippen molar-refractivity contribution in [3.05, 3.63) is 82.0 Å². The number of hydrogen-bond donors (Lipinski definition) is 2. The molecule has 1 aromatic heterocycles. The van der Waals surface area contributed by atoms with E-state index in [-0.39, 0.29) is 21.1 Å². The van der Waals surface area contributed by atoms with Crippen molar-refractivity contribution in [3.63, 3.8) is 0 Å². The summed E-state index contributed by atoms with van der Waals surface area (Å²) in [6, 6.07) is 18.6. The highest BCUT2D eigenvalue weighted by molar-refractivity contribution is 7.93. The highest BCUT2D eigenvalue weighted by atomic mass is 32.2. The van der Waals surface area contributed by atoms with Crippen molar-refractivity contribution in [2.75, 3.05) is 24.5 Å². The Morgan fingerprint density at radius 1 is 1.03 bits per heavy atom. The van der Waals surface area contributed by atoms with Gasteiger partial charge in [-0.05, 0) is 48.9 Å². The van der Waals surface area contributed by atoms with Crippen molar-refractivity contribution in [1.82, 2.24) is 5.32 Å². The number of hydrogen-bond acceptors (Lipinski definition) is 5. The van der Waals surface area contributed by atoms with Crippen LogP contribution in [0.25, 0.3) is 0 Å². The molecule has 1 aliphatic heterocycles. The van der Waals surface area contributed by atoms with Crippen molar-refractivity contribution >= 4 is 33.0 Å². The summed E-state index contributed by atoms with van der Waals surface area (Å²) in [5, 5.41) is 4.63. The number of carbonyl (C=O) groups is 1. The Labute approximate surface area is 192 Å². The summed E-state index contributed by atoms with van der Waals surface area (Å²) in [5.74, 6) is -0.383. The van der Waals surface area contributed by atoms with Gasteiger partial charge in [-0.15, -0.1) is 11.3 Å². The number of nitrogens with one attached hydrogen (secondary N) is 2. The van der Waals surface area contributed by atoms with E-state index in [1.165, 1.54) is 6.07 Å². The topological polar surface area (TPSA) is 84.5 Å². The molecule has 0 saturated carbocycles. The average molecular weight is 471 g/mol. The van der Waals surface area contributed by atoms with Crippen molar-refractivity contribution in [1.29, 1.82) is 0 Å². The van der Waals surface area contributed by atoms with E-state index < -0.39 is 10.0 Å². The first-order valence-corrected chi connectivity index (χ1v) is 12.8. The summed E-state index contributed by atoms with van der Waals surface area (Å²) in [6.07, 6.45) is 1.59. The summed E-state index contributed by atoms with van der Waals surface area (Å²) in [4.78, 5) is 13.2. The molecule has 1 amide bonds. The number of ether oxygens (including phenoxy) is 1. The first-order chi connectivity index (χ1) is 15.4. The van der Waals surface area contributed by atoms with Crippen molar-refractivity contribution in [3.8, 4) is 0 Å². The minimum absolute atomic E-state index is 0.0127. The predicted octanol–water partition coefficient (Wildman–Crippen LogP) is 4.34. The summed E-state index contributed by atoms with van der Waals surface area (Å²) in [6.45, 7) is 3.61. The molecule has 6 nitrogen and oxygen atoms in total. The number of carbonyl (C=O) groups excluding carboxylic acids is 1. The van der Waals surface area contributed by atoms with Crippen LogP contribution in [0.4, 0.5) is 5.69 Å². The first kappa shape index (κ1) is 22.5. The molecule has 168 valence electrons. The van der Waals surface area contributed by atoms with Crippen LogP contribution in [0, 0.1) is 6.92 Å². The molecule has 0 unspecified atom stereocenters. The Hall–Kier alpha value is -2.68. The highest BCUT2D eigenvalue weighted by Gasteiger charge is 2.35. The lowest BCUT2D eigenvalue weighted by Crippen LogP contribution is -2.44. The largest absolute Gasteiger partial charge is 0.381 e. The molecule has 4 rings (SSSR count). The van der Waals surface area contributed by atoms with Crippen LogP contribution in [-0.2, 0) is 20.2 Å². The molecule has 0 radical (unpaired) electrons. The molecule has 32 heavy (non-hydrogen) atoms. The molecular weight excluding hydrogens is 444 g/mol. The van der Waals surface area contributed by atoms with Crippen LogP contribution >= 0.6 is 11.3 Å². The van der Waals surface area contributed by atoms with Gasteiger partial charge in [0.2, 0.25) is 0 Å². The molecule has 2 aromatic carbocycles. The minimum Gasteiger partial charge on any atom is -0.381 e. The van der Waals surface area contributed by atoms with Crippen molar-refractivity contribution < 1.29 is 17.9 Å². The minimum atomic E-state index is -3.89. The number of anilines is 1. The molecule has 1 aliphatic rings. The summed E-state index contributed by atoms with van der Waals surface area (Å²) in [5.41, 5.74) is 2.41. The Kier molecular flexibility index (Phi) is 6.64. The molecule has 1 saturated heterocycles. The van der Waals surface area contributed by atoms with Crippen LogP contribution in [0.2, 0.25) is 0 Å². The molecule has 0 aliphatic carbocycles. The van der Waals surface area contributed by atoms with Gasteiger partial charge >= 0.3 is 0 Å². The van der Waals surface area contributed by atoms with Gasteiger partial charge in [-0.2, -0.15) is 0 Å². The number of sulfonamides is 1. The van der Waals surface area contributed by atoms with Gasteiger partial charge in [0.05, 0.1) is 0 Å². The van der Waals surface area contributed by atoms with Crippen LogP contribution in [0.1, 0.15) is 33.6 Å². The van der Waals surface area contributed by atoms with Gasteiger partial charge in [0.1, 0.15) is 9.77 Å². The monoisotopic (exact) mass is 470 g/mol. The number of amides is 1. The molecule has 8 heteroatoms. The third kappa shape index (κ3) is 4.87. The lowest BCUT2D eigenvalue weighted by Gasteiger charge is -2.38. The van der Waals surface area contributed by atoms with E-state index in [0.717, 1.165) is 35.3 Å². The SMILES string of the molecule is Cc1ccc(NS(=O)(=O)c2ccsc2C(=O)NCC2(c3ccccc3)CCOCC2)cc1. The molecule has 0 spiro atoms. The number of thiophene rings is 1. The predicted molar refractivity (Wildman–Crippen MR) is 127 cm³/mol. The van der Waals surface area contributed by atoms with Crippen LogP contribution in [-0.4, -0.2) is 34.1 Å². The summed E-state index contributed by atoms with van der Waals surface area (Å²) in [7, 11) is -3.89. The highest BCUT2D eigenvalue weighted by Crippen LogP contribution is 2.34. The molecule has 1 fully saturated rings. The zero-order chi connectivity index (χ0) is 22.6. The van der Waals surface area contributed by atoms with Crippen LogP contribution in [0.15, 0.2) is 70.9 Å². The van der Waals surface area contributed by atoms with Crippen LogP contribution in [0.3, 0.4) is 0 Å². The van der Waals surface area contributed by atoms with Crippen molar-refractivity contribution in [2.45, 2.75) is 30.1 Å². The van der Waals surface area contributed by atoms with Gasteiger partial charge in [-0.3, -0.25) is 9.52 Å². The van der Waals surface area contributed by atoms with Gasteiger partial charge in [-0.25, -0.2) is 8.42 Å². The van der Waals surface area contributed by atoms with Gasteiger partial charge in [0.25, 0.3) is 15.9 Å². The Balaban J connectivity index is 1.52. The maximum atomic E-state index is 13.1. The number of benzene rings is 2. The van der Waals surface area contributed by atoms with Gasteiger partial charge in [0, 0.05) is 30.9 Å². The normalized spacial score (nSPS) is 15.8. The second-order valence-corrected chi connectivity index (χ2v) is 10.6. The Bertz CT molecular complexity index is 1170. The third-order valence-corrected chi connectivity index (χ3v) is 8.32. The zero-order valence-electron chi connectivity index (χ0n) is 17.8. The number of aryl methyl sites for hydroxylation is 1. The zero-order valence-corrected chi connectivity index (χ0v) is 19.5. The fraction of sp³-hybridized carbons (Fsp3) is 0.292. The molecule has 3 aromatic rings. The van der Waals surface area contributed by atoms with E-state index in [9.17, 15) is 13.2 Å². The Morgan fingerprint density at radius 2 is 1.72 bits per heavy atom. The molecule has 0 atom stereocenters. The lowest BCUT2D eigenvalue weighted by atomic mass is 9.74. The molecule has 0 bridgehead atoms. The van der Waals surface area contributed by atoms with E-state index in [1.807, 2.05) is 37.3 Å². The van der Waals surface area contributed by atoms with Gasteiger partial charge in [0.15, 0.2) is 0 Å². The fourth-order valence-corrected chi connectivity index (χ4v) is 6.36. The van der Waals surface area contributed by atoms with Gasteiger partial charge in [-0.1, -0.05) is 48.0 Å². The molecule has 2 heterocycles. The van der Waals surface area contributed by atoms with Crippen LogP contribution in [0.5, 0.6) is 0 Å². The first-order valence-electron chi connectivity index (χ1n) is 10.5. The van der Waals surface area contributed by atoms with Crippen molar-refractivity contribution in [2.24, 2.45) is 0 Å². The van der Waals surface area contributed by atoms with E-state index >= 15 is 0 Å². The summed E-state index contributed by atoms with van der Waals surface area (Å²) < 4.78 is 34.0. The maximum absolute atomic E-state index is 13.1. The second kappa shape index (κ2) is 9.44. The van der Waals surface area contributed by atoms with E-state index in [0.29, 0.717) is 25.4 Å². The van der Waals surface area contributed by atoms with Gasteiger partial charge < -0.3 is 10.1 Å². The van der Waals surface area contributed by atoms with E-state index in [2.05, 4.69) is 22.2 Å². The summed E-state index contributed by atoms with van der Waals surface area (Å²) >= 11 is 1.12. The average Bonchev–Trinajstić information content (AvgIpc) is 3.31. The van der Waals surface area contributed by atoms with E-state index in [4.69, 9.17) is 4.74 Å². The third-order valence-electron chi connectivity index (χ3n) is 5.85. The second-order valence-electron chi connectivity index (χ2n) is 8.03. The standard InChI is InChI=1S/C24H26N2O4S2/c1-18-7-9-20(10-8-18)26-32(28,29)21-11-16-31-22(21)23(27)25-17-24(12-14-30-15-13-24)19-5-3-2-4-6-19/h2-11,16,26H,12-15,17H2,1H3,(H,25,27). The van der Waals surface area contributed by atoms with Crippen LogP contribution < -0.4 is 10.0 Å². The Morgan fingerprint density at radius 3 is 2.41 bits per heavy atom. The maximum Gasteiger partial charge on any atom is 0.263 e. The lowest BCUT2D eigenvalue weighted by molar-refractivity contribution is 0.0487.